The summed E-state index contributed by atoms with van der Waals surface area (Å²) in [6.45, 7) is 20.8. The minimum absolute atomic E-state index is 0.216. The van der Waals surface area contributed by atoms with Crippen molar-refractivity contribution in [3.8, 4) is 0 Å². The summed E-state index contributed by atoms with van der Waals surface area (Å²) >= 11 is 6.27. The molecule has 0 atom stereocenters. The van der Waals surface area contributed by atoms with Crippen LogP contribution >= 0.6 is 11.6 Å². The minimum atomic E-state index is 0.216. The van der Waals surface area contributed by atoms with Gasteiger partial charge in [-0.2, -0.15) is 0 Å². The topological polar surface area (TPSA) is 0 Å². The largest absolute Gasteiger partial charge is 0.126 e. The quantitative estimate of drug-likeness (QED) is 0.534. The van der Waals surface area contributed by atoms with Crippen molar-refractivity contribution in [3.63, 3.8) is 0 Å². The first-order valence-electron chi connectivity index (χ1n) is 7.00. The summed E-state index contributed by atoms with van der Waals surface area (Å²) < 4.78 is 0. The maximum atomic E-state index is 6.27. The maximum Gasteiger partial charge on any atom is 0.0263 e. The normalized spacial score (nSPS) is 22.3. The Hall–Kier alpha value is 0.290. The van der Waals surface area contributed by atoms with Gasteiger partial charge in [0.25, 0.3) is 0 Å². The second-order valence-electron chi connectivity index (χ2n) is 8.66. The lowest BCUT2D eigenvalue weighted by Crippen LogP contribution is -2.57. The van der Waals surface area contributed by atoms with Gasteiger partial charge in [0, 0.05) is 5.88 Å². The zero-order chi connectivity index (χ0) is 14.5. The Morgan fingerprint density at radius 1 is 0.722 bits per heavy atom. The zero-order valence-corrected chi connectivity index (χ0v) is 14.4. The van der Waals surface area contributed by atoms with Gasteiger partial charge in [-0.25, -0.2) is 0 Å². The molecule has 0 spiro atoms. The van der Waals surface area contributed by atoms with E-state index in [9.17, 15) is 0 Å². The third-order valence-electron chi connectivity index (χ3n) is 3.76. The molecule has 0 aromatic rings. The van der Waals surface area contributed by atoms with Gasteiger partial charge < -0.3 is 0 Å². The molecule has 0 amide bonds. The lowest BCUT2D eigenvalue weighted by molar-refractivity contribution is 0.170. The zero-order valence-electron chi connectivity index (χ0n) is 13.7. The monoisotopic (exact) mass is 269 g/mol. The van der Waals surface area contributed by atoms with Gasteiger partial charge >= 0.3 is 0 Å². The van der Waals surface area contributed by atoms with Crippen molar-refractivity contribution in [3.05, 3.63) is 17.8 Å². The van der Waals surface area contributed by atoms with Crippen LogP contribution in [0.4, 0.5) is 0 Å². The molecule has 0 N–H and O–H groups in total. The van der Waals surface area contributed by atoms with Crippen LogP contribution in [0, 0.1) is 39.9 Å². The molecule has 0 aliphatic heterocycles. The highest BCUT2D eigenvalue weighted by molar-refractivity contribution is 6.18. The van der Waals surface area contributed by atoms with E-state index >= 15 is 0 Å². The number of hydrogen-bond acceptors (Lipinski definition) is 0. The second kappa shape index (κ2) is 4.69. The molecule has 105 valence electrons. The molecule has 0 heterocycles. The van der Waals surface area contributed by atoms with Crippen molar-refractivity contribution in [2.45, 2.75) is 62.3 Å². The molecule has 0 aromatic heterocycles. The molecular formula is C17H30Cl. The molecule has 18 heavy (non-hydrogen) atoms. The van der Waals surface area contributed by atoms with E-state index in [4.69, 9.17) is 11.6 Å². The van der Waals surface area contributed by atoms with Crippen LogP contribution < -0.4 is 0 Å². The van der Waals surface area contributed by atoms with E-state index in [1.54, 1.807) is 17.8 Å². The van der Waals surface area contributed by atoms with Gasteiger partial charge in [0.05, 0.1) is 0 Å². The van der Waals surface area contributed by atoms with Crippen LogP contribution in [-0.2, 0) is 0 Å². The molecule has 1 aliphatic carbocycles. The van der Waals surface area contributed by atoms with Crippen LogP contribution in [-0.4, -0.2) is 5.88 Å². The van der Waals surface area contributed by atoms with E-state index in [1.807, 2.05) is 0 Å². The molecule has 1 saturated carbocycles. The SMILES string of the molecule is CC(C)(C)[C]1[C](C(C)(C)C)C(CCl)[C]1C(C)(C)C. The number of alkyl halides is 1. The first-order valence-corrected chi connectivity index (χ1v) is 7.54. The Bertz CT molecular complexity index is 262. The van der Waals surface area contributed by atoms with Crippen LogP contribution in [0.3, 0.4) is 0 Å². The first kappa shape index (κ1) is 16.3. The third-order valence-corrected chi connectivity index (χ3v) is 4.06. The first-order chi connectivity index (χ1) is 7.81. The van der Waals surface area contributed by atoms with Crippen LogP contribution in [0.1, 0.15) is 62.3 Å². The average molecular weight is 270 g/mol. The smallest absolute Gasteiger partial charge is 0.0263 e. The molecule has 1 heteroatoms. The Morgan fingerprint density at radius 3 is 1.22 bits per heavy atom. The Labute approximate surface area is 120 Å². The minimum Gasteiger partial charge on any atom is -0.126 e. The molecule has 1 aliphatic rings. The van der Waals surface area contributed by atoms with Crippen LogP contribution in [0.2, 0.25) is 0 Å². The predicted molar refractivity (Wildman–Crippen MR) is 82.3 cm³/mol. The molecule has 0 saturated heterocycles. The van der Waals surface area contributed by atoms with Gasteiger partial charge in [0.2, 0.25) is 0 Å². The number of hydrogen-bond donors (Lipinski definition) is 0. The Balaban J connectivity index is 3.14. The Morgan fingerprint density at radius 2 is 1.06 bits per heavy atom. The van der Waals surface area contributed by atoms with Gasteiger partial charge in [-0.05, 0) is 39.9 Å². The molecular weight excluding hydrogens is 240 g/mol. The summed E-state index contributed by atoms with van der Waals surface area (Å²) in [5.74, 6) is 5.93. The van der Waals surface area contributed by atoms with E-state index < -0.39 is 0 Å². The molecule has 1 fully saturated rings. The van der Waals surface area contributed by atoms with Gasteiger partial charge in [-0.15, -0.1) is 11.6 Å². The highest BCUT2D eigenvalue weighted by atomic mass is 35.5. The fourth-order valence-electron chi connectivity index (χ4n) is 3.32. The van der Waals surface area contributed by atoms with Gasteiger partial charge in [0.15, 0.2) is 0 Å². The molecule has 0 bridgehead atoms. The van der Waals surface area contributed by atoms with Gasteiger partial charge in [-0.1, -0.05) is 62.3 Å². The summed E-state index contributed by atoms with van der Waals surface area (Å²) in [5, 5.41) is 0. The summed E-state index contributed by atoms with van der Waals surface area (Å²) in [4.78, 5) is 0. The summed E-state index contributed by atoms with van der Waals surface area (Å²) in [5.41, 5.74) is 0.654. The number of rotatable bonds is 1. The molecule has 3 radical (unpaired) electrons. The van der Waals surface area contributed by atoms with Gasteiger partial charge in [0.1, 0.15) is 0 Å². The average Bonchev–Trinajstić information content (AvgIpc) is 1.92. The second-order valence-corrected chi connectivity index (χ2v) is 8.97. The standard InChI is InChI=1S/C17H30Cl/c1-15(2,3)12-11(10-18)13(16(4,5)6)14(12)17(7,8)9/h11H,10H2,1-9H3. The van der Waals surface area contributed by atoms with Crippen LogP contribution in [0.5, 0.6) is 0 Å². The van der Waals surface area contributed by atoms with Crippen LogP contribution in [0.15, 0.2) is 0 Å². The van der Waals surface area contributed by atoms with E-state index in [0.717, 1.165) is 5.88 Å². The van der Waals surface area contributed by atoms with Crippen LogP contribution in [0.25, 0.3) is 0 Å². The maximum absolute atomic E-state index is 6.27. The van der Waals surface area contributed by atoms with Crippen molar-refractivity contribution in [1.82, 2.24) is 0 Å². The fraction of sp³-hybridized carbons (Fsp3) is 0.824. The molecule has 0 nitrogen and oxygen atoms in total. The third kappa shape index (κ3) is 2.89. The number of halogens is 1. The molecule has 1 rings (SSSR count). The van der Waals surface area contributed by atoms with E-state index in [2.05, 4.69) is 62.3 Å². The van der Waals surface area contributed by atoms with Crippen molar-refractivity contribution in [1.29, 1.82) is 0 Å². The molecule has 0 aromatic carbocycles. The lowest BCUT2D eigenvalue weighted by Gasteiger charge is -2.64. The fourth-order valence-corrected chi connectivity index (χ4v) is 3.63. The summed E-state index contributed by atoms with van der Waals surface area (Å²) in [6, 6.07) is 0. The lowest BCUT2D eigenvalue weighted by atomic mass is 9.40. The summed E-state index contributed by atoms with van der Waals surface area (Å²) in [7, 11) is 0. The van der Waals surface area contributed by atoms with E-state index in [0.29, 0.717) is 5.92 Å². The van der Waals surface area contributed by atoms with Crippen molar-refractivity contribution in [2.24, 2.45) is 22.2 Å². The summed E-state index contributed by atoms with van der Waals surface area (Å²) in [6.07, 6.45) is 0. The van der Waals surface area contributed by atoms with Gasteiger partial charge in [-0.3, -0.25) is 0 Å². The highest BCUT2D eigenvalue weighted by Crippen LogP contribution is 2.69. The van der Waals surface area contributed by atoms with E-state index in [-0.39, 0.29) is 16.2 Å². The predicted octanol–water partition coefficient (Wildman–Crippen LogP) is 5.72. The van der Waals surface area contributed by atoms with Crippen molar-refractivity contribution in [2.75, 3.05) is 5.88 Å². The van der Waals surface area contributed by atoms with E-state index in [1.165, 1.54) is 0 Å². The van der Waals surface area contributed by atoms with Crippen molar-refractivity contribution >= 4 is 11.6 Å². The van der Waals surface area contributed by atoms with Crippen molar-refractivity contribution < 1.29 is 0 Å². The molecule has 0 unspecified atom stereocenters. The highest BCUT2D eigenvalue weighted by Gasteiger charge is 2.61. The Kier molecular flexibility index (Phi) is 4.26.